The molecule has 1 saturated heterocycles. The van der Waals surface area contributed by atoms with Gasteiger partial charge in [-0.25, -0.2) is 9.99 Å². The summed E-state index contributed by atoms with van der Waals surface area (Å²) in [5, 5.41) is 3.01. The summed E-state index contributed by atoms with van der Waals surface area (Å²) in [7, 11) is 0. The number of piperidine rings is 1. The summed E-state index contributed by atoms with van der Waals surface area (Å²) >= 11 is 12.5. The van der Waals surface area contributed by atoms with Crippen LogP contribution in [-0.2, 0) is 0 Å². The lowest BCUT2D eigenvalue weighted by molar-refractivity contribution is 0.0744. The van der Waals surface area contributed by atoms with Gasteiger partial charge in [-0.05, 0) is 50.1 Å². The Kier molecular flexibility index (Phi) is 5.90. The molecule has 1 fully saturated rings. The largest absolute Gasteiger partial charge is 0.296 e. The summed E-state index contributed by atoms with van der Waals surface area (Å²) in [6.45, 7) is 3.62. The van der Waals surface area contributed by atoms with E-state index in [0.717, 1.165) is 42.9 Å². The zero-order chi connectivity index (χ0) is 20.4. The minimum absolute atomic E-state index is 0.203. The van der Waals surface area contributed by atoms with Crippen LogP contribution >= 0.6 is 23.2 Å². The van der Waals surface area contributed by atoms with Gasteiger partial charge in [-0.2, -0.15) is 0 Å². The zero-order valence-corrected chi connectivity index (χ0v) is 17.7. The molecule has 1 aliphatic heterocycles. The number of imidazole rings is 1. The molecule has 3 aromatic rings. The van der Waals surface area contributed by atoms with Crippen molar-refractivity contribution in [3.63, 3.8) is 0 Å². The first kappa shape index (κ1) is 20.0. The first-order valence-corrected chi connectivity index (χ1v) is 10.5. The highest BCUT2D eigenvalue weighted by atomic mass is 35.5. The van der Waals surface area contributed by atoms with Gasteiger partial charge in [0.25, 0.3) is 5.91 Å². The van der Waals surface area contributed by atoms with Crippen molar-refractivity contribution in [1.29, 1.82) is 0 Å². The van der Waals surface area contributed by atoms with E-state index < -0.39 is 0 Å². The third-order valence-electron chi connectivity index (χ3n) is 5.12. The monoisotopic (exact) mass is 428 g/mol. The van der Waals surface area contributed by atoms with E-state index in [1.54, 1.807) is 12.1 Å². The number of halogens is 2. The van der Waals surface area contributed by atoms with Gasteiger partial charge in [-0.3, -0.25) is 14.8 Å². The van der Waals surface area contributed by atoms with Gasteiger partial charge < -0.3 is 0 Å². The van der Waals surface area contributed by atoms with E-state index in [4.69, 9.17) is 28.2 Å². The molecule has 2 heterocycles. The summed E-state index contributed by atoms with van der Waals surface area (Å²) < 4.78 is 1.96. The second-order valence-corrected chi connectivity index (χ2v) is 8.00. The number of aromatic nitrogens is 2. The highest BCUT2D eigenvalue weighted by molar-refractivity contribution is 6.36. The molecule has 1 amide bonds. The maximum Gasteiger partial charge on any atom is 0.286 e. The maximum atomic E-state index is 13.0. The number of hydrogen-bond acceptors (Lipinski definition) is 3. The molecule has 2 aromatic carbocycles. The standard InChI is InChI=1S/C22H22Cl2N4O/c1-15-20(22(29)26-27-12-6-3-7-13-27)25-21(18-11-10-16(23)14-19(18)24)28(15)17-8-4-2-5-9-17/h2,4-5,8-11,14H,3,6-7,12-13H2,1H3,(H,26,29). The number of carbonyl (C=O) groups excluding carboxylic acids is 1. The minimum atomic E-state index is -0.203. The molecular formula is C22H22Cl2N4O. The molecule has 0 radical (unpaired) electrons. The molecule has 0 spiro atoms. The number of hydrazine groups is 1. The van der Waals surface area contributed by atoms with Gasteiger partial charge in [-0.15, -0.1) is 0 Å². The van der Waals surface area contributed by atoms with Crippen LogP contribution in [0.15, 0.2) is 48.5 Å². The second kappa shape index (κ2) is 8.57. The van der Waals surface area contributed by atoms with Crippen molar-refractivity contribution in [2.45, 2.75) is 26.2 Å². The van der Waals surface area contributed by atoms with Gasteiger partial charge in [0.1, 0.15) is 5.82 Å². The van der Waals surface area contributed by atoms with Crippen molar-refractivity contribution in [2.24, 2.45) is 0 Å². The van der Waals surface area contributed by atoms with Crippen LogP contribution in [0.5, 0.6) is 0 Å². The van der Waals surface area contributed by atoms with Crippen LogP contribution < -0.4 is 5.43 Å². The van der Waals surface area contributed by atoms with E-state index in [1.165, 1.54) is 6.42 Å². The van der Waals surface area contributed by atoms with Crippen LogP contribution in [0.1, 0.15) is 35.4 Å². The summed E-state index contributed by atoms with van der Waals surface area (Å²) in [5.74, 6) is 0.407. The average Bonchev–Trinajstić information content (AvgIpc) is 3.06. The fourth-order valence-corrected chi connectivity index (χ4v) is 4.16. The normalized spacial score (nSPS) is 14.7. The molecular weight excluding hydrogens is 407 g/mol. The minimum Gasteiger partial charge on any atom is -0.296 e. The van der Waals surface area contributed by atoms with Crippen LogP contribution in [0.3, 0.4) is 0 Å². The van der Waals surface area contributed by atoms with Crippen molar-refractivity contribution >= 4 is 29.1 Å². The fraction of sp³-hybridized carbons (Fsp3) is 0.273. The van der Waals surface area contributed by atoms with E-state index in [-0.39, 0.29) is 5.91 Å². The van der Waals surface area contributed by atoms with Crippen LogP contribution in [0.25, 0.3) is 17.1 Å². The molecule has 4 rings (SSSR count). The summed E-state index contributed by atoms with van der Waals surface area (Å²) in [4.78, 5) is 17.7. The van der Waals surface area contributed by atoms with E-state index in [9.17, 15) is 4.79 Å². The van der Waals surface area contributed by atoms with Gasteiger partial charge in [0, 0.05) is 29.4 Å². The van der Waals surface area contributed by atoms with Gasteiger partial charge in [0.15, 0.2) is 5.69 Å². The zero-order valence-electron chi connectivity index (χ0n) is 16.2. The van der Waals surface area contributed by atoms with Gasteiger partial charge in [0.05, 0.1) is 10.7 Å². The lowest BCUT2D eigenvalue weighted by Crippen LogP contribution is -2.45. The predicted molar refractivity (Wildman–Crippen MR) is 117 cm³/mol. The predicted octanol–water partition coefficient (Wildman–Crippen LogP) is 5.29. The Morgan fingerprint density at radius 3 is 2.45 bits per heavy atom. The van der Waals surface area contributed by atoms with Crippen LogP contribution in [0.4, 0.5) is 0 Å². The number of rotatable bonds is 4. The SMILES string of the molecule is Cc1c(C(=O)NN2CCCCC2)nc(-c2ccc(Cl)cc2Cl)n1-c1ccccc1. The summed E-state index contributed by atoms with van der Waals surface area (Å²) in [6.07, 6.45) is 3.37. The third-order valence-corrected chi connectivity index (χ3v) is 5.67. The second-order valence-electron chi connectivity index (χ2n) is 7.15. The number of hydrogen-bond donors (Lipinski definition) is 1. The first-order valence-electron chi connectivity index (χ1n) is 9.70. The molecule has 1 aromatic heterocycles. The number of nitrogens with one attached hydrogen (secondary N) is 1. The van der Waals surface area contributed by atoms with E-state index in [0.29, 0.717) is 21.6 Å². The molecule has 1 N–H and O–H groups in total. The Labute approximate surface area is 180 Å². The third kappa shape index (κ3) is 4.17. The Hall–Kier alpha value is -2.34. The van der Waals surface area contributed by atoms with Crippen molar-refractivity contribution in [3.8, 4) is 17.1 Å². The molecule has 0 saturated carbocycles. The first-order chi connectivity index (χ1) is 14.0. The topological polar surface area (TPSA) is 50.2 Å². The molecule has 150 valence electrons. The van der Waals surface area contributed by atoms with Crippen molar-refractivity contribution < 1.29 is 4.79 Å². The highest BCUT2D eigenvalue weighted by Crippen LogP contribution is 2.33. The van der Waals surface area contributed by atoms with Gasteiger partial charge in [-0.1, -0.05) is 47.8 Å². The summed E-state index contributed by atoms with van der Waals surface area (Å²) in [5.41, 5.74) is 5.79. The van der Waals surface area contributed by atoms with Crippen molar-refractivity contribution in [1.82, 2.24) is 20.0 Å². The number of nitrogens with zero attached hydrogens (tertiary/aromatic N) is 3. The highest BCUT2D eigenvalue weighted by Gasteiger charge is 2.24. The van der Waals surface area contributed by atoms with Crippen LogP contribution in [-0.4, -0.2) is 33.6 Å². The van der Waals surface area contributed by atoms with E-state index >= 15 is 0 Å². The van der Waals surface area contributed by atoms with Crippen molar-refractivity contribution in [3.05, 3.63) is 70.0 Å². The number of amides is 1. The molecule has 0 aliphatic carbocycles. The number of para-hydroxylation sites is 1. The Morgan fingerprint density at radius 2 is 1.76 bits per heavy atom. The van der Waals surface area contributed by atoms with Crippen LogP contribution in [0.2, 0.25) is 10.0 Å². The smallest absolute Gasteiger partial charge is 0.286 e. The molecule has 1 aliphatic rings. The average molecular weight is 429 g/mol. The fourth-order valence-electron chi connectivity index (χ4n) is 3.66. The summed E-state index contributed by atoms with van der Waals surface area (Å²) in [6, 6.07) is 15.1. The lowest BCUT2D eigenvalue weighted by Gasteiger charge is -2.26. The lowest BCUT2D eigenvalue weighted by atomic mass is 10.2. The number of carbonyl (C=O) groups is 1. The molecule has 0 bridgehead atoms. The maximum absolute atomic E-state index is 13.0. The molecule has 5 nitrogen and oxygen atoms in total. The van der Waals surface area contributed by atoms with Gasteiger partial charge >= 0.3 is 0 Å². The Balaban J connectivity index is 1.79. The molecule has 0 atom stereocenters. The van der Waals surface area contributed by atoms with Crippen molar-refractivity contribution in [2.75, 3.05) is 13.1 Å². The van der Waals surface area contributed by atoms with E-state index in [2.05, 4.69) is 5.43 Å². The number of benzene rings is 2. The van der Waals surface area contributed by atoms with Crippen LogP contribution in [0, 0.1) is 6.92 Å². The molecule has 7 heteroatoms. The molecule has 0 unspecified atom stereocenters. The Morgan fingerprint density at radius 1 is 1.03 bits per heavy atom. The molecule has 29 heavy (non-hydrogen) atoms. The van der Waals surface area contributed by atoms with Gasteiger partial charge in [0.2, 0.25) is 0 Å². The quantitative estimate of drug-likeness (QED) is 0.614. The Bertz CT molecular complexity index is 1030. The van der Waals surface area contributed by atoms with E-state index in [1.807, 2.05) is 52.9 Å².